The van der Waals surface area contributed by atoms with Gasteiger partial charge >= 0.3 is 5.69 Å². The summed E-state index contributed by atoms with van der Waals surface area (Å²) in [5.41, 5.74) is 5.03. The van der Waals surface area contributed by atoms with E-state index in [2.05, 4.69) is 21.2 Å². The highest BCUT2D eigenvalue weighted by Crippen LogP contribution is 2.34. The number of likely N-dealkylation sites (N-methyl/N-ethyl adjacent to an activating group) is 1. The Morgan fingerprint density at radius 2 is 2.32 bits per heavy atom. The molecule has 1 unspecified atom stereocenters. The van der Waals surface area contributed by atoms with Gasteiger partial charge in [-0.1, -0.05) is 6.07 Å². The molecule has 104 valence electrons. The van der Waals surface area contributed by atoms with Crippen molar-refractivity contribution in [3.63, 3.8) is 0 Å². The third kappa shape index (κ3) is 4.18. The van der Waals surface area contributed by atoms with Crippen LogP contribution in [0.4, 0.5) is 5.69 Å². The van der Waals surface area contributed by atoms with E-state index in [1.807, 2.05) is 0 Å². The van der Waals surface area contributed by atoms with Gasteiger partial charge in [-0.25, -0.2) is 0 Å². The highest BCUT2D eigenvalue weighted by atomic mass is 79.9. The zero-order valence-electron chi connectivity index (χ0n) is 10.3. The first-order valence-corrected chi connectivity index (χ1v) is 6.29. The van der Waals surface area contributed by atoms with E-state index in [1.54, 1.807) is 19.2 Å². The monoisotopic (exact) mass is 331 g/mol. The second-order valence-electron chi connectivity index (χ2n) is 3.73. The molecule has 1 aromatic rings. The first kappa shape index (κ1) is 15.4. The number of hydrogen-bond acceptors (Lipinski definition) is 5. The average Bonchev–Trinajstić information content (AvgIpc) is 2.35. The molecule has 1 amide bonds. The van der Waals surface area contributed by atoms with Gasteiger partial charge in [0, 0.05) is 12.5 Å². The molecule has 1 atom stereocenters. The number of benzene rings is 1. The summed E-state index contributed by atoms with van der Waals surface area (Å²) in [6, 6.07) is 4.02. The lowest BCUT2D eigenvalue weighted by molar-refractivity contribution is -0.386. The highest BCUT2D eigenvalue weighted by molar-refractivity contribution is 9.10. The number of nitrogens with two attached hydrogens (primary N) is 1. The smallest absolute Gasteiger partial charge is 0.312 e. The predicted octanol–water partition coefficient (Wildman–Crippen LogP) is 1.20. The number of halogens is 1. The van der Waals surface area contributed by atoms with E-state index in [1.165, 1.54) is 6.07 Å². The van der Waals surface area contributed by atoms with E-state index < -0.39 is 16.9 Å². The summed E-state index contributed by atoms with van der Waals surface area (Å²) in [6.07, 6.45) is 0.324. The van der Waals surface area contributed by atoms with Crippen LogP contribution >= 0.6 is 15.9 Å². The second-order valence-corrected chi connectivity index (χ2v) is 4.58. The molecule has 0 heterocycles. The Balaban J connectivity index is 2.72. The van der Waals surface area contributed by atoms with Gasteiger partial charge in [0.15, 0.2) is 0 Å². The Morgan fingerprint density at radius 1 is 1.63 bits per heavy atom. The van der Waals surface area contributed by atoms with Crippen molar-refractivity contribution < 1.29 is 14.5 Å². The molecule has 19 heavy (non-hydrogen) atoms. The maximum atomic E-state index is 11.0. The molecule has 3 N–H and O–H groups in total. The molecule has 7 nitrogen and oxygen atoms in total. The Labute approximate surface area is 118 Å². The molecule has 0 aliphatic carbocycles. The molecule has 0 spiro atoms. The SMILES string of the molecule is CNC(CCOc1c(Br)cccc1[N+](=O)[O-])C(N)=O. The van der Waals surface area contributed by atoms with E-state index in [-0.39, 0.29) is 18.0 Å². The number of nitro benzene ring substituents is 1. The normalized spacial score (nSPS) is 11.9. The van der Waals surface area contributed by atoms with Crippen molar-refractivity contribution in [2.45, 2.75) is 12.5 Å². The van der Waals surface area contributed by atoms with Gasteiger partial charge in [0.25, 0.3) is 0 Å². The molecule has 8 heteroatoms. The maximum Gasteiger partial charge on any atom is 0.312 e. The molecule has 0 aliphatic rings. The first-order valence-electron chi connectivity index (χ1n) is 5.49. The lowest BCUT2D eigenvalue weighted by Crippen LogP contribution is -2.40. The zero-order valence-corrected chi connectivity index (χ0v) is 11.8. The molecular weight excluding hydrogens is 318 g/mol. The quantitative estimate of drug-likeness (QED) is 0.576. The average molecular weight is 332 g/mol. The number of primary amides is 1. The van der Waals surface area contributed by atoms with Crippen molar-refractivity contribution in [1.82, 2.24) is 5.32 Å². The van der Waals surface area contributed by atoms with Crippen LogP contribution in [-0.4, -0.2) is 30.5 Å². The molecule has 0 aromatic heterocycles. The van der Waals surface area contributed by atoms with Gasteiger partial charge in [0.2, 0.25) is 11.7 Å². The summed E-state index contributed by atoms with van der Waals surface area (Å²) in [5, 5.41) is 13.6. The summed E-state index contributed by atoms with van der Waals surface area (Å²) in [7, 11) is 1.61. The van der Waals surface area contributed by atoms with Crippen LogP contribution in [0.15, 0.2) is 22.7 Å². The lowest BCUT2D eigenvalue weighted by atomic mass is 10.2. The van der Waals surface area contributed by atoms with Gasteiger partial charge < -0.3 is 15.8 Å². The largest absolute Gasteiger partial charge is 0.486 e. The fraction of sp³-hybridized carbons (Fsp3) is 0.364. The number of hydrogen-bond donors (Lipinski definition) is 2. The predicted molar refractivity (Wildman–Crippen MR) is 73.0 cm³/mol. The van der Waals surface area contributed by atoms with Crippen molar-refractivity contribution in [2.75, 3.05) is 13.7 Å². The molecule has 0 saturated carbocycles. The standard InChI is InChI=1S/C11H14BrN3O4/c1-14-8(11(13)16)5-6-19-10-7(12)3-2-4-9(10)15(17)18/h2-4,8,14H,5-6H2,1H3,(H2,13,16). The number of rotatable bonds is 7. The van der Waals surface area contributed by atoms with Crippen molar-refractivity contribution >= 4 is 27.5 Å². The fourth-order valence-electron chi connectivity index (χ4n) is 1.49. The van der Waals surface area contributed by atoms with Crippen LogP contribution in [0.25, 0.3) is 0 Å². The van der Waals surface area contributed by atoms with Crippen LogP contribution in [0.3, 0.4) is 0 Å². The van der Waals surface area contributed by atoms with Crippen LogP contribution < -0.4 is 15.8 Å². The topological polar surface area (TPSA) is 107 Å². The second kappa shape index (κ2) is 7.05. The number of nitrogens with one attached hydrogen (secondary N) is 1. The molecule has 0 saturated heterocycles. The minimum absolute atomic E-state index is 0.130. The zero-order chi connectivity index (χ0) is 14.4. The van der Waals surface area contributed by atoms with Crippen molar-refractivity contribution in [2.24, 2.45) is 5.73 Å². The number of carbonyl (C=O) groups excluding carboxylic acids is 1. The van der Waals surface area contributed by atoms with Crippen molar-refractivity contribution in [1.29, 1.82) is 0 Å². The molecule has 1 aromatic carbocycles. The Bertz CT molecular complexity index is 481. The van der Waals surface area contributed by atoms with Crippen LogP contribution in [0.1, 0.15) is 6.42 Å². The number of nitro groups is 1. The summed E-state index contributed by atoms with van der Waals surface area (Å²) < 4.78 is 5.86. The van der Waals surface area contributed by atoms with Gasteiger partial charge in [0.05, 0.1) is 22.0 Å². The van der Waals surface area contributed by atoms with Gasteiger partial charge in [-0.15, -0.1) is 0 Å². The minimum atomic E-state index is -0.526. The number of carbonyl (C=O) groups is 1. The van der Waals surface area contributed by atoms with Crippen molar-refractivity contribution in [3.8, 4) is 5.75 Å². The van der Waals surface area contributed by atoms with Gasteiger partial charge in [-0.2, -0.15) is 0 Å². The molecular formula is C11H14BrN3O4. The molecule has 0 fully saturated rings. The minimum Gasteiger partial charge on any atom is -0.486 e. The Morgan fingerprint density at radius 3 is 2.84 bits per heavy atom. The van der Waals surface area contributed by atoms with Crippen LogP contribution in [0, 0.1) is 10.1 Å². The van der Waals surface area contributed by atoms with E-state index in [0.717, 1.165) is 0 Å². The van der Waals surface area contributed by atoms with E-state index in [4.69, 9.17) is 10.5 Å². The van der Waals surface area contributed by atoms with Crippen LogP contribution in [0.2, 0.25) is 0 Å². The molecule has 0 radical (unpaired) electrons. The first-order chi connectivity index (χ1) is 8.97. The van der Waals surface area contributed by atoms with Crippen LogP contribution in [0.5, 0.6) is 5.75 Å². The van der Waals surface area contributed by atoms with Crippen LogP contribution in [-0.2, 0) is 4.79 Å². The Kier molecular flexibility index (Phi) is 5.71. The fourth-order valence-corrected chi connectivity index (χ4v) is 1.96. The summed E-state index contributed by atoms with van der Waals surface area (Å²) in [4.78, 5) is 21.3. The third-order valence-corrected chi connectivity index (χ3v) is 3.11. The number of nitrogens with zero attached hydrogens (tertiary/aromatic N) is 1. The molecule has 0 bridgehead atoms. The van der Waals surface area contributed by atoms with Gasteiger partial charge in [-0.05, 0) is 29.0 Å². The number of para-hydroxylation sites is 1. The maximum absolute atomic E-state index is 11.0. The van der Waals surface area contributed by atoms with E-state index in [0.29, 0.717) is 10.9 Å². The van der Waals surface area contributed by atoms with Crippen molar-refractivity contribution in [3.05, 3.63) is 32.8 Å². The number of ether oxygens (including phenoxy) is 1. The third-order valence-electron chi connectivity index (χ3n) is 2.49. The Hall–Kier alpha value is -1.67. The van der Waals surface area contributed by atoms with E-state index in [9.17, 15) is 14.9 Å². The highest BCUT2D eigenvalue weighted by Gasteiger charge is 2.19. The van der Waals surface area contributed by atoms with E-state index >= 15 is 0 Å². The molecule has 1 rings (SSSR count). The van der Waals surface area contributed by atoms with Gasteiger partial charge in [0.1, 0.15) is 0 Å². The summed E-state index contributed by atoms with van der Waals surface area (Å²) in [6.45, 7) is 0.137. The lowest BCUT2D eigenvalue weighted by Gasteiger charge is -2.13. The van der Waals surface area contributed by atoms with Gasteiger partial charge in [-0.3, -0.25) is 14.9 Å². The number of amides is 1. The summed E-state index contributed by atoms with van der Waals surface area (Å²) >= 11 is 3.19. The molecule has 0 aliphatic heterocycles. The summed E-state index contributed by atoms with van der Waals surface area (Å²) in [5.74, 6) is -0.348.